The van der Waals surface area contributed by atoms with Crippen LogP contribution < -0.4 is 19.3 Å². The minimum atomic E-state index is -7.61. The Kier molecular flexibility index (Phi) is 7.25. The van der Waals surface area contributed by atoms with Crippen LogP contribution in [-0.4, -0.2) is 54.7 Å². The summed E-state index contributed by atoms with van der Waals surface area (Å²) in [4.78, 5) is 48.7. The second-order valence-electron chi connectivity index (χ2n) is 7.59. The number of nitrogens with zero attached hydrogens (tertiary/aromatic N) is 2. The molecule has 0 saturated carbocycles. The lowest BCUT2D eigenvalue weighted by atomic mass is 10.0. The van der Waals surface area contributed by atoms with Gasteiger partial charge in [0.05, 0.1) is 18.5 Å². The number of allylic oxidation sites excluding steroid dienone is 1. The van der Waals surface area contributed by atoms with Crippen LogP contribution in [0.15, 0.2) is 48.3 Å². The third-order valence-electron chi connectivity index (χ3n) is 5.15. The SMILES string of the molecule is COc1cc(N2C(=O)C=CC2=O)c(OC(F)=C(F)C(F)(F)C(F)(F)C(F)(F)C(F)(F)F)cc1N1C(=O)C=CC1=O. The molecule has 0 aliphatic carbocycles. The Labute approximate surface area is 213 Å². The Morgan fingerprint density at radius 3 is 1.40 bits per heavy atom. The van der Waals surface area contributed by atoms with E-state index in [9.17, 15) is 67.5 Å². The molecule has 0 atom stereocenters. The highest BCUT2D eigenvalue weighted by molar-refractivity contribution is 6.30. The van der Waals surface area contributed by atoms with Crippen molar-refractivity contribution >= 4 is 35.0 Å². The molecule has 40 heavy (non-hydrogen) atoms. The highest BCUT2D eigenvalue weighted by Crippen LogP contribution is 2.56. The van der Waals surface area contributed by atoms with Gasteiger partial charge in [0.15, 0.2) is 5.75 Å². The van der Waals surface area contributed by atoms with Crippen molar-refractivity contribution < 1.29 is 76.9 Å². The van der Waals surface area contributed by atoms with Crippen molar-refractivity contribution in [2.45, 2.75) is 23.9 Å². The van der Waals surface area contributed by atoms with Gasteiger partial charge in [-0.05, 0) is 0 Å². The van der Waals surface area contributed by atoms with Crippen LogP contribution in [0.2, 0.25) is 0 Å². The fourth-order valence-corrected chi connectivity index (χ4v) is 3.19. The molecule has 0 saturated heterocycles. The first-order valence-corrected chi connectivity index (χ1v) is 9.98. The highest BCUT2D eigenvalue weighted by atomic mass is 19.4. The van der Waals surface area contributed by atoms with Gasteiger partial charge in [-0.2, -0.15) is 48.3 Å². The average molecular weight is 594 g/mol. The molecule has 2 aliphatic heterocycles. The Balaban J connectivity index is 2.20. The Morgan fingerprint density at radius 2 is 1.02 bits per heavy atom. The van der Waals surface area contributed by atoms with Gasteiger partial charge in [0, 0.05) is 36.4 Å². The number of anilines is 2. The lowest BCUT2D eigenvalue weighted by Gasteiger charge is -2.32. The van der Waals surface area contributed by atoms with Crippen LogP contribution in [0, 0.1) is 0 Å². The number of amides is 4. The summed E-state index contributed by atoms with van der Waals surface area (Å²) in [7, 11) is 0.900. The van der Waals surface area contributed by atoms with Crippen molar-refractivity contribution in [1.29, 1.82) is 0 Å². The van der Waals surface area contributed by atoms with Crippen molar-refractivity contribution in [3.8, 4) is 11.5 Å². The van der Waals surface area contributed by atoms with E-state index in [2.05, 4.69) is 4.74 Å². The second kappa shape index (κ2) is 9.63. The summed E-state index contributed by atoms with van der Waals surface area (Å²) in [6.07, 6.45) is -4.76. The summed E-state index contributed by atoms with van der Waals surface area (Å²) >= 11 is 0. The predicted molar refractivity (Wildman–Crippen MR) is 107 cm³/mol. The van der Waals surface area contributed by atoms with Gasteiger partial charge in [-0.15, -0.1) is 0 Å². The maximum Gasteiger partial charge on any atom is 0.460 e. The molecule has 0 radical (unpaired) electrons. The summed E-state index contributed by atoms with van der Waals surface area (Å²) in [5.41, 5.74) is -1.77. The van der Waals surface area contributed by atoms with E-state index >= 15 is 0 Å². The normalized spacial score (nSPS) is 17.3. The van der Waals surface area contributed by atoms with E-state index in [-0.39, 0.29) is 9.80 Å². The number of carbonyl (C=O) groups excluding carboxylic acids is 4. The molecule has 0 aromatic heterocycles. The number of ether oxygens (including phenoxy) is 2. The smallest absolute Gasteiger partial charge is 0.460 e. The van der Waals surface area contributed by atoms with Crippen molar-refractivity contribution in [3.05, 3.63) is 48.3 Å². The zero-order valence-electron chi connectivity index (χ0n) is 19.0. The summed E-state index contributed by atoms with van der Waals surface area (Å²) in [5, 5.41) is 0. The molecule has 4 amide bonds. The molecule has 0 fully saturated rings. The van der Waals surface area contributed by atoms with Crippen molar-refractivity contribution in [1.82, 2.24) is 0 Å². The van der Waals surface area contributed by atoms with Gasteiger partial charge in [-0.3, -0.25) is 19.2 Å². The van der Waals surface area contributed by atoms with E-state index in [1.807, 2.05) is 0 Å². The number of alkyl halides is 9. The number of benzene rings is 1. The van der Waals surface area contributed by atoms with Gasteiger partial charge >= 0.3 is 30.0 Å². The van der Waals surface area contributed by atoms with E-state index < -0.39 is 82.3 Å². The molecule has 1 aromatic rings. The van der Waals surface area contributed by atoms with Crippen LogP contribution >= 0.6 is 0 Å². The Morgan fingerprint density at radius 1 is 0.650 bits per heavy atom. The van der Waals surface area contributed by atoms with E-state index in [0.717, 1.165) is 7.11 Å². The molecule has 2 heterocycles. The second-order valence-corrected chi connectivity index (χ2v) is 7.59. The Bertz CT molecular complexity index is 1360. The lowest BCUT2D eigenvalue weighted by molar-refractivity contribution is -0.392. The minimum Gasteiger partial charge on any atom is -0.494 e. The molecule has 1 aromatic carbocycles. The van der Waals surface area contributed by atoms with Gasteiger partial charge < -0.3 is 9.47 Å². The zero-order valence-corrected chi connectivity index (χ0v) is 19.0. The minimum absolute atomic E-state index is 0.0866. The van der Waals surface area contributed by atoms with Crippen LogP contribution in [0.1, 0.15) is 0 Å². The summed E-state index contributed by atoms with van der Waals surface area (Å²) in [6, 6.07) is -2.69. The standard InChI is InChI=1S/C21H9F11N2O6/c1-39-10-6-9(34-14(37)4-5-15(34)38)11(7-8(10)33-12(35)2-3-13(33)36)40-17(23)16(22)18(24,25)19(26,27)20(28,29)21(30,31)32/h2-7H,1H3. The fraction of sp³-hybridized carbons (Fsp3) is 0.238. The molecule has 0 bridgehead atoms. The van der Waals surface area contributed by atoms with E-state index in [1.54, 1.807) is 0 Å². The quantitative estimate of drug-likeness (QED) is 0.250. The average Bonchev–Trinajstić information content (AvgIpc) is 3.36. The van der Waals surface area contributed by atoms with Crippen LogP contribution in [0.4, 0.5) is 59.7 Å². The maximum atomic E-state index is 14.4. The summed E-state index contributed by atoms with van der Waals surface area (Å²) < 4.78 is 156. The van der Waals surface area contributed by atoms with Crippen molar-refractivity contribution in [2.75, 3.05) is 16.9 Å². The number of halogens is 11. The highest BCUT2D eigenvalue weighted by Gasteiger charge is 2.83. The van der Waals surface area contributed by atoms with Crippen LogP contribution in [0.5, 0.6) is 11.5 Å². The van der Waals surface area contributed by atoms with Gasteiger partial charge in [0.1, 0.15) is 5.75 Å². The molecule has 8 nitrogen and oxygen atoms in total. The molecular weight excluding hydrogens is 585 g/mol. The third kappa shape index (κ3) is 4.53. The number of imide groups is 2. The van der Waals surface area contributed by atoms with E-state index in [4.69, 9.17) is 4.74 Å². The van der Waals surface area contributed by atoms with E-state index in [0.29, 0.717) is 36.4 Å². The summed E-state index contributed by atoms with van der Waals surface area (Å²) in [5.74, 6) is -33.4. The van der Waals surface area contributed by atoms with Crippen LogP contribution in [-0.2, 0) is 19.2 Å². The van der Waals surface area contributed by atoms with Crippen molar-refractivity contribution in [2.24, 2.45) is 0 Å². The third-order valence-corrected chi connectivity index (χ3v) is 5.15. The monoisotopic (exact) mass is 594 g/mol. The number of hydrogen-bond acceptors (Lipinski definition) is 6. The maximum absolute atomic E-state index is 14.4. The van der Waals surface area contributed by atoms with Gasteiger partial charge in [-0.25, -0.2) is 9.80 Å². The Hall–Kier alpha value is -4.45. The van der Waals surface area contributed by atoms with Gasteiger partial charge in [0.2, 0.25) is 5.83 Å². The zero-order chi connectivity index (χ0) is 30.6. The first-order chi connectivity index (χ1) is 18.2. The molecular formula is C21H9F11N2O6. The molecule has 0 N–H and O–H groups in total. The largest absolute Gasteiger partial charge is 0.494 e. The number of hydrogen-bond donors (Lipinski definition) is 0. The molecule has 3 rings (SSSR count). The van der Waals surface area contributed by atoms with Crippen LogP contribution in [0.25, 0.3) is 0 Å². The molecule has 216 valence electrons. The number of rotatable bonds is 8. The topological polar surface area (TPSA) is 93.2 Å². The van der Waals surface area contributed by atoms with Gasteiger partial charge in [0.25, 0.3) is 23.6 Å². The number of carbonyl (C=O) groups is 4. The summed E-state index contributed by atoms with van der Waals surface area (Å²) in [6.45, 7) is 0. The van der Waals surface area contributed by atoms with Gasteiger partial charge in [-0.1, -0.05) is 0 Å². The first-order valence-electron chi connectivity index (χ1n) is 9.98. The molecule has 19 heteroatoms. The number of methoxy groups -OCH3 is 1. The fourth-order valence-electron chi connectivity index (χ4n) is 3.19. The van der Waals surface area contributed by atoms with E-state index in [1.165, 1.54) is 0 Å². The lowest BCUT2D eigenvalue weighted by Crippen LogP contribution is -2.61. The molecule has 0 spiro atoms. The predicted octanol–water partition coefficient (Wildman–Crippen LogP) is 4.51. The molecule has 0 unspecified atom stereocenters. The molecule has 2 aliphatic rings. The van der Waals surface area contributed by atoms with Crippen molar-refractivity contribution in [3.63, 3.8) is 0 Å². The first kappa shape index (κ1) is 30.1. The van der Waals surface area contributed by atoms with Crippen LogP contribution in [0.3, 0.4) is 0 Å².